The van der Waals surface area contributed by atoms with Crippen molar-refractivity contribution in [1.82, 2.24) is 20.4 Å². The number of hydrogen-bond donors (Lipinski definition) is 3. The first-order valence-corrected chi connectivity index (χ1v) is 9.89. The average Bonchev–Trinajstić information content (AvgIpc) is 3.51. The molecule has 30 heavy (non-hydrogen) atoms. The number of nitrogens with one attached hydrogen (secondary N) is 3. The van der Waals surface area contributed by atoms with E-state index in [1.165, 1.54) is 17.7 Å². The van der Waals surface area contributed by atoms with Crippen molar-refractivity contribution in [1.29, 1.82) is 0 Å². The maximum Gasteiger partial charge on any atom is 0.273 e. The number of nitrogens with zero attached hydrogens (tertiary/aromatic N) is 2. The number of ether oxygens (including phenoxy) is 1. The number of carbonyl (C=O) groups excluding carboxylic acids is 1. The summed E-state index contributed by atoms with van der Waals surface area (Å²) in [6.07, 6.45) is 3.30. The normalized spacial score (nSPS) is 12.6. The minimum Gasteiger partial charge on any atom is -0.496 e. The molecule has 4 aromatic rings. The molecule has 2 aromatic heterocycles. The Bertz CT molecular complexity index is 1210. The van der Waals surface area contributed by atoms with Gasteiger partial charge in [-0.15, -0.1) is 0 Å². The van der Waals surface area contributed by atoms with Crippen molar-refractivity contribution in [2.75, 3.05) is 12.4 Å². The van der Waals surface area contributed by atoms with Gasteiger partial charge in [0.2, 0.25) is 0 Å². The standard InChI is InChI=1S/C23H21N5O2/c1-30-21-8-3-2-5-16(21)19-13-20(27-26-19)23(29)24-15-11-9-14(10-12-15)22-17-6-4-7-18(17)25-28-22/h2-3,5,8-13H,4,6-7H2,1H3,(H,24,29)(H,25,28)(H,26,27). The SMILES string of the molecule is COc1ccccc1-c1cc(C(=O)Nc2ccc(-c3n[nH]c4c3CCC4)cc2)[nH]n1. The summed E-state index contributed by atoms with van der Waals surface area (Å²) in [6, 6.07) is 17.0. The van der Waals surface area contributed by atoms with E-state index in [4.69, 9.17) is 4.74 Å². The van der Waals surface area contributed by atoms with Crippen LogP contribution in [0.3, 0.4) is 0 Å². The van der Waals surface area contributed by atoms with Gasteiger partial charge in [0.15, 0.2) is 0 Å². The summed E-state index contributed by atoms with van der Waals surface area (Å²) in [7, 11) is 1.61. The molecule has 0 bridgehead atoms. The van der Waals surface area contributed by atoms with Gasteiger partial charge in [-0.3, -0.25) is 15.0 Å². The molecule has 2 heterocycles. The lowest BCUT2D eigenvalue weighted by Gasteiger charge is -2.05. The van der Waals surface area contributed by atoms with Crippen molar-refractivity contribution in [2.24, 2.45) is 0 Å². The third kappa shape index (κ3) is 3.24. The number of methoxy groups -OCH3 is 1. The maximum atomic E-state index is 12.6. The summed E-state index contributed by atoms with van der Waals surface area (Å²) in [4.78, 5) is 12.6. The van der Waals surface area contributed by atoms with E-state index in [1.54, 1.807) is 13.2 Å². The molecule has 0 saturated carbocycles. The largest absolute Gasteiger partial charge is 0.496 e. The van der Waals surface area contributed by atoms with Crippen molar-refractivity contribution in [2.45, 2.75) is 19.3 Å². The second-order valence-corrected chi connectivity index (χ2v) is 7.28. The molecule has 0 unspecified atom stereocenters. The van der Waals surface area contributed by atoms with Crippen LogP contribution in [0, 0.1) is 0 Å². The third-order valence-electron chi connectivity index (χ3n) is 5.43. The van der Waals surface area contributed by atoms with Crippen molar-refractivity contribution < 1.29 is 9.53 Å². The Morgan fingerprint density at radius 3 is 2.70 bits per heavy atom. The van der Waals surface area contributed by atoms with Crippen LogP contribution in [0.15, 0.2) is 54.6 Å². The van der Waals surface area contributed by atoms with Crippen molar-refractivity contribution in [3.05, 3.63) is 71.5 Å². The number of hydrogen-bond acceptors (Lipinski definition) is 4. The number of H-pyrrole nitrogens is 2. The Labute approximate surface area is 173 Å². The van der Waals surface area contributed by atoms with Crippen LogP contribution in [0.25, 0.3) is 22.5 Å². The van der Waals surface area contributed by atoms with Crippen LogP contribution in [0.2, 0.25) is 0 Å². The second-order valence-electron chi connectivity index (χ2n) is 7.28. The summed E-state index contributed by atoms with van der Waals surface area (Å²) < 4.78 is 5.37. The highest BCUT2D eigenvalue weighted by atomic mass is 16.5. The topological polar surface area (TPSA) is 95.7 Å². The molecule has 0 radical (unpaired) electrons. The number of amides is 1. The summed E-state index contributed by atoms with van der Waals surface area (Å²) in [6.45, 7) is 0. The van der Waals surface area contributed by atoms with Gasteiger partial charge < -0.3 is 10.1 Å². The Morgan fingerprint density at radius 2 is 1.87 bits per heavy atom. The van der Waals surface area contributed by atoms with Crippen LogP contribution in [-0.2, 0) is 12.8 Å². The number of rotatable bonds is 5. The second kappa shape index (κ2) is 7.51. The van der Waals surface area contributed by atoms with E-state index in [0.29, 0.717) is 22.8 Å². The zero-order chi connectivity index (χ0) is 20.5. The molecule has 2 aromatic carbocycles. The third-order valence-corrected chi connectivity index (χ3v) is 5.43. The molecule has 7 nitrogen and oxygen atoms in total. The van der Waals surface area contributed by atoms with Gasteiger partial charge in [-0.05, 0) is 49.6 Å². The number of benzene rings is 2. The summed E-state index contributed by atoms with van der Waals surface area (Å²) in [5.41, 5.74) is 7.18. The minimum absolute atomic E-state index is 0.253. The van der Waals surface area contributed by atoms with Crippen LogP contribution >= 0.6 is 0 Å². The van der Waals surface area contributed by atoms with Crippen LogP contribution in [0.5, 0.6) is 5.75 Å². The Balaban J connectivity index is 1.32. The molecule has 0 spiro atoms. The van der Waals surface area contributed by atoms with Crippen molar-refractivity contribution >= 4 is 11.6 Å². The van der Waals surface area contributed by atoms with E-state index in [1.807, 2.05) is 48.5 Å². The number of fused-ring (bicyclic) bond motifs is 1. The van der Waals surface area contributed by atoms with E-state index >= 15 is 0 Å². The molecular weight excluding hydrogens is 378 g/mol. The van der Waals surface area contributed by atoms with E-state index in [2.05, 4.69) is 25.7 Å². The summed E-state index contributed by atoms with van der Waals surface area (Å²) in [5.74, 6) is 0.452. The summed E-state index contributed by atoms with van der Waals surface area (Å²) in [5, 5.41) is 17.6. The van der Waals surface area contributed by atoms with Crippen LogP contribution < -0.4 is 10.1 Å². The van der Waals surface area contributed by atoms with E-state index in [-0.39, 0.29) is 5.91 Å². The zero-order valence-electron chi connectivity index (χ0n) is 16.5. The van der Waals surface area contributed by atoms with Gasteiger partial charge in [-0.2, -0.15) is 10.2 Å². The first-order valence-electron chi connectivity index (χ1n) is 9.89. The van der Waals surface area contributed by atoms with Gasteiger partial charge in [0.1, 0.15) is 11.4 Å². The highest BCUT2D eigenvalue weighted by Gasteiger charge is 2.19. The fourth-order valence-corrected chi connectivity index (χ4v) is 3.90. The van der Waals surface area contributed by atoms with Gasteiger partial charge in [0.25, 0.3) is 5.91 Å². The highest BCUT2D eigenvalue weighted by molar-refractivity contribution is 6.03. The van der Waals surface area contributed by atoms with Gasteiger partial charge in [0.05, 0.1) is 18.5 Å². The number of aryl methyl sites for hydroxylation is 1. The molecule has 0 fully saturated rings. The molecule has 150 valence electrons. The van der Waals surface area contributed by atoms with Gasteiger partial charge in [0, 0.05) is 28.1 Å². The summed E-state index contributed by atoms with van der Waals surface area (Å²) >= 11 is 0. The predicted octanol–water partition coefficient (Wildman–Crippen LogP) is 4.22. The molecule has 5 rings (SSSR count). The molecule has 1 aliphatic carbocycles. The van der Waals surface area contributed by atoms with Crippen molar-refractivity contribution in [3.8, 4) is 28.3 Å². The maximum absolute atomic E-state index is 12.6. The number of para-hydroxylation sites is 1. The number of carbonyl (C=O) groups is 1. The molecule has 1 aliphatic rings. The van der Waals surface area contributed by atoms with Crippen molar-refractivity contribution in [3.63, 3.8) is 0 Å². The molecule has 0 saturated heterocycles. The number of anilines is 1. The Morgan fingerprint density at radius 1 is 1.03 bits per heavy atom. The van der Waals surface area contributed by atoms with Gasteiger partial charge in [-0.1, -0.05) is 24.3 Å². The Kier molecular flexibility index (Phi) is 4.55. The van der Waals surface area contributed by atoms with Crippen LogP contribution in [-0.4, -0.2) is 33.4 Å². The first-order chi connectivity index (χ1) is 14.7. The van der Waals surface area contributed by atoms with Gasteiger partial charge >= 0.3 is 0 Å². The van der Waals surface area contributed by atoms with E-state index in [0.717, 1.165) is 29.7 Å². The number of aromatic nitrogens is 4. The van der Waals surface area contributed by atoms with E-state index < -0.39 is 0 Å². The highest BCUT2D eigenvalue weighted by Crippen LogP contribution is 2.31. The molecule has 1 amide bonds. The molecule has 0 atom stereocenters. The minimum atomic E-state index is -0.253. The Hall–Kier alpha value is -3.87. The smallest absolute Gasteiger partial charge is 0.273 e. The lowest BCUT2D eigenvalue weighted by atomic mass is 10.1. The lowest BCUT2D eigenvalue weighted by Crippen LogP contribution is -2.12. The zero-order valence-corrected chi connectivity index (χ0v) is 16.5. The molecule has 7 heteroatoms. The first kappa shape index (κ1) is 18.2. The monoisotopic (exact) mass is 399 g/mol. The van der Waals surface area contributed by atoms with E-state index in [9.17, 15) is 4.79 Å². The molecule has 3 N–H and O–H groups in total. The fraction of sp³-hybridized carbons (Fsp3) is 0.174. The van der Waals surface area contributed by atoms with Crippen LogP contribution in [0.1, 0.15) is 28.2 Å². The number of aromatic amines is 2. The fourth-order valence-electron chi connectivity index (χ4n) is 3.90. The molecule has 0 aliphatic heterocycles. The van der Waals surface area contributed by atoms with Gasteiger partial charge in [-0.25, -0.2) is 0 Å². The quantitative estimate of drug-likeness (QED) is 0.468. The average molecular weight is 399 g/mol. The molecular formula is C23H21N5O2. The lowest BCUT2D eigenvalue weighted by molar-refractivity contribution is 0.102. The predicted molar refractivity (Wildman–Crippen MR) is 115 cm³/mol. The van der Waals surface area contributed by atoms with Crippen LogP contribution in [0.4, 0.5) is 5.69 Å².